The number of aliphatic hydroxyl groups excluding tert-OH is 1. The first-order chi connectivity index (χ1) is 8.66. The highest BCUT2D eigenvalue weighted by atomic mass is 16.3. The average molecular weight is 246 g/mol. The first kappa shape index (κ1) is 11.0. The van der Waals surface area contributed by atoms with Gasteiger partial charge in [0.25, 0.3) is 0 Å². The zero-order chi connectivity index (χ0) is 12.3. The normalized spacial score (nSPS) is 43.3. The minimum absolute atomic E-state index is 0.169. The van der Waals surface area contributed by atoms with Gasteiger partial charge in [-0.2, -0.15) is 5.10 Å². The van der Waals surface area contributed by atoms with Gasteiger partial charge < -0.3 is 5.11 Å². The molecule has 4 aliphatic carbocycles. The van der Waals surface area contributed by atoms with Gasteiger partial charge in [0.05, 0.1) is 5.69 Å². The first-order valence-electron chi connectivity index (χ1n) is 7.32. The summed E-state index contributed by atoms with van der Waals surface area (Å²) in [5.41, 5.74) is 1.18. The van der Waals surface area contributed by atoms with Crippen LogP contribution in [-0.2, 0) is 7.05 Å². The van der Waals surface area contributed by atoms with Crippen LogP contribution in [0.25, 0.3) is 0 Å². The molecule has 0 aromatic carbocycles. The molecule has 0 spiro atoms. The Bertz CT molecular complexity index is 430. The molecule has 1 heterocycles. The molecule has 0 saturated heterocycles. The molecule has 0 aliphatic heterocycles. The van der Waals surface area contributed by atoms with Gasteiger partial charge in [0.1, 0.15) is 6.10 Å². The lowest BCUT2D eigenvalue weighted by Gasteiger charge is -2.58. The average Bonchev–Trinajstić information content (AvgIpc) is 2.72. The molecule has 1 aromatic rings. The van der Waals surface area contributed by atoms with Crippen molar-refractivity contribution in [1.29, 1.82) is 0 Å². The minimum Gasteiger partial charge on any atom is -0.386 e. The van der Waals surface area contributed by atoms with E-state index in [0.717, 1.165) is 23.4 Å². The molecule has 0 radical (unpaired) electrons. The topological polar surface area (TPSA) is 38.0 Å². The van der Waals surface area contributed by atoms with Crippen LogP contribution in [0.3, 0.4) is 0 Å². The number of aliphatic hydroxyl groups is 1. The third-order valence-corrected chi connectivity index (χ3v) is 5.80. The van der Waals surface area contributed by atoms with Gasteiger partial charge in [0.15, 0.2) is 0 Å². The molecule has 4 fully saturated rings. The lowest BCUT2D eigenvalue weighted by atomic mass is 9.48. The van der Waals surface area contributed by atoms with Gasteiger partial charge >= 0.3 is 0 Å². The summed E-state index contributed by atoms with van der Waals surface area (Å²) < 4.78 is 1.85. The molecule has 1 atom stereocenters. The summed E-state index contributed by atoms with van der Waals surface area (Å²) in [5.74, 6) is 2.66. The van der Waals surface area contributed by atoms with Gasteiger partial charge in [-0.15, -0.1) is 0 Å². The van der Waals surface area contributed by atoms with Crippen molar-refractivity contribution >= 4 is 0 Å². The third kappa shape index (κ3) is 1.43. The number of rotatable bonds is 2. The van der Waals surface area contributed by atoms with Crippen LogP contribution in [0.1, 0.15) is 50.3 Å². The van der Waals surface area contributed by atoms with Crippen LogP contribution in [0.5, 0.6) is 0 Å². The lowest BCUT2D eigenvalue weighted by molar-refractivity contribution is -0.124. The standard InChI is InChI=1S/C15H22N2O/c1-17-13(2-3-16-17)14(18)15-7-10-4-11(8-15)6-12(5-10)9-15/h2-3,10-12,14,18H,4-9H2,1H3/t10?,11?,12?,14-,15?/m1/s1. The second-order valence-corrected chi connectivity index (χ2v) is 7.06. The summed E-state index contributed by atoms with van der Waals surface area (Å²) in [7, 11) is 1.94. The Morgan fingerprint density at radius 1 is 1.22 bits per heavy atom. The second kappa shape index (κ2) is 3.60. The Hall–Kier alpha value is -0.830. The molecule has 4 aliphatic rings. The van der Waals surface area contributed by atoms with E-state index in [1.807, 2.05) is 17.8 Å². The smallest absolute Gasteiger partial charge is 0.101 e. The molecular weight excluding hydrogens is 224 g/mol. The fourth-order valence-electron chi connectivity index (χ4n) is 5.48. The zero-order valence-corrected chi connectivity index (χ0v) is 11.0. The molecule has 1 N–H and O–H groups in total. The molecular formula is C15H22N2O. The molecule has 0 unspecified atom stereocenters. The van der Waals surface area contributed by atoms with Gasteiger partial charge in [-0.1, -0.05) is 0 Å². The quantitative estimate of drug-likeness (QED) is 0.871. The molecule has 3 heteroatoms. The first-order valence-corrected chi connectivity index (χ1v) is 7.32. The van der Waals surface area contributed by atoms with E-state index in [0.29, 0.717) is 0 Å². The number of aryl methyl sites for hydroxylation is 1. The number of hydrogen-bond acceptors (Lipinski definition) is 2. The predicted octanol–water partition coefficient (Wildman–Crippen LogP) is 2.67. The molecule has 5 rings (SSSR count). The van der Waals surface area contributed by atoms with Gasteiger partial charge in [0, 0.05) is 18.7 Å². The molecule has 1 aromatic heterocycles. The van der Waals surface area contributed by atoms with E-state index in [9.17, 15) is 5.11 Å². The Morgan fingerprint density at radius 2 is 1.78 bits per heavy atom. The van der Waals surface area contributed by atoms with E-state index in [-0.39, 0.29) is 11.5 Å². The summed E-state index contributed by atoms with van der Waals surface area (Å²) in [6.07, 6.45) is 9.51. The fraction of sp³-hybridized carbons (Fsp3) is 0.800. The zero-order valence-electron chi connectivity index (χ0n) is 11.0. The van der Waals surface area contributed by atoms with Gasteiger partial charge in [-0.3, -0.25) is 4.68 Å². The van der Waals surface area contributed by atoms with Crippen molar-refractivity contribution < 1.29 is 5.11 Å². The van der Waals surface area contributed by atoms with Gasteiger partial charge in [0.2, 0.25) is 0 Å². The highest BCUT2D eigenvalue weighted by molar-refractivity contribution is 5.13. The summed E-state index contributed by atoms with van der Waals surface area (Å²) >= 11 is 0. The van der Waals surface area contributed by atoms with Crippen molar-refractivity contribution in [2.24, 2.45) is 30.2 Å². The van der Waals surface area contributed by atoms with Gasteiger partial charge in [-0.25, -0.2) is 0 Å². The van der Waals surface area contributed by atoms with E-state index in [1.165, 1.54) is 38.5 Å². The van der Waals surface area contributed by atoms with Crippen molar-refractivity contribution in [3.8, 4) is 0 Å². The van der Waals surface area contributed by atoms with Crippen molar-refractivity contribution in [3.05, 3.63) is 18.0 Å². The van der Waals surface area contributed by atoms with E-state index in [1.54, 1.807) is 6.20 Å². The molecule has 0 amide bonds. The Labute approximate surface area is 108 Å². The maximum Gasteiger partial charge on any atom is 0.101 e. The van der Waals surface area contributed by atoms with Crippen LogP contribution in [0, 0.1) is 23.2 Å². The van der Waals surface area contributed by atoms with E-state index < -0.39 is 0 Å². The Morgan fingerprint density at radius 3 is 2.22 bits per heavy atom. The summed E-state index contributed by atoms with van der Waals surface area (Å²) in [6, 6.07) is 1.99. The largest absolute Gasteiger partial charge is 0.386 e. The molecule has 4 saturated carbocycles. The van der Waals surface area contributed by atoms with Crippen LogP contribution in [-0.4, -0.2) is 14.9 Å². The SMILES string of the molecule is Cn1nccc1[C@@H](O)C12CC3CC(CC(C3)C1)C2. The number of aromatic nitrogens is 2. The Kier molecular flexibility index (Phi) is 2.20. The van der Waals surface area contributed by atoms with Crippen molar-refractivity contribution in [2.45, 2.75) is 44.6 Å². The Balaban J connectivity index is 1.69. The molecule has 98 valence electrons. The predicted molar refractivity (Wildman–Crippen MR) is 68.8 cm³/mol. The second-order valence-electron chi connectivity index (χ2n) is 7.06. The summed E-state index contributed by atoms with van der Waals surface area (Å²) in [5, 5.41) is 15.1. The van der Waals surface area contributed by atoms with Crippen LogP contribution >= 0.6 is 0 Å². The van der Waals surface area contributed by atoms with Crippen LogP contribution in [0.15, 0.2) is 12.3 Å². The maximum atomic E-state index is 10.9. The monoisotopic (exact) mass is 246 g/mol. The minimum atomic E-state index is -0.307. The highest BCUT2D eigenvalue weighted by Gasteiger charge is 2.54. The molecule has 4 bridgehead atoms. The molecule has 3 nitrogen and oxygen atoms in total. The van der Waals surface area contributed by atoms with Crippen molar-refractivity contribution in [2.75, 3.05) is 0 Å². The highest BCUT2D eigenvalue weighted by Crippen LogP contribution is 2.63. The van der Waals surface area contributed by atoms with Crippen molar-refractivity contribution in [3.63, 3.8) is 0 Å². The van der Waals surface area contributed by atoms with Crippen molar-refractivity contribution in [1.82, 2.24) is 9.78 Å². The maximum absolute atomic E-state index is 10.9. The van der Waals surface area contributed by atoms with Gasteiger partial charge in [-0.05, 0) is 62.3 Å². The fourth-order valence-corrected chi connectivity index (χ4v) is 5.48. The summed E-state index contributed by atoms with van der Waals surface area (Å²) in [6.45, 7) is 0. The third-order valence-electron chi connectivity index (χ3n) is 5.80. The van der Waals surface area contributed by atoms with E-state index in [2.05, 4.69) is 5.10 Å². The number of hydrogen-bond donors (Lipinski definition) is 1. The summed E-state index contributed by atoms with van der Waals surface area (Å²) in [4.78, 5) is 0. The van der Waals surface area contributed by atoms with E-state index in [4.69, 9.17) is 0 Å². The van der Waals surface area contributed by atoms with Crippen LogP contribution in [0.4, 0.5) is 0 Å². The molecule has 18 heavy (non-hydrogen) atoms. The lowest BCUT2D eigenvalue weighted by Crippen LogP contribution is -2.49. The van der Waals surface area contributed by atoms with E-state index >= 15 is 0 Å². The van der Waals surface area contributed by atoms with Crippen LogP contribution < -0.4 is 0 Å². The van der Waals surface area contributed by atoms with Crippen LogP contribution in [0.2, 0.25) is 0 Å². The number of nitrogens with zero attached hydrogens (tertiary/aromatic N) is 2.